The van der Waals surface area contributed by atoms with Crippen molar-refractivity contribution in [2.24, 2.45) is 4.99 Å². The maximum absolute atomic E-state index is 12.5. The van der Waals surface area contributed by atoms with E-state index >= 15 is 0 Å². The van der Waals surface area contributed by atoms with E-state index in [2.05, 4.69) is 4.99 Å². The van der Waals surface area contributed by atoms with Crippen LogP contribution in [0.15, 0.2) is 46.7 Å². The van der Waals surface area contributed by atoms with Crippen molar-refractivity contribution in [2.45, 2.75) is 38.5 Å². The van der Waals surface area contributed by atoms with E-state index in [9.17, 15) is 14.7 Å². The summed E-state index contributed by atoms with van der Waals surface area (Å²) in [6, 6.07) is 9.72. The van der Waals surface area contributed by atoms with Gasteiger partial charge in [0.2, 0.25) is 0 Å². The summed E-state index contributed by atoms with van der Waals surface area (Å²) in [6.07, 6.45) is 1.14. The van der Waals surface area contributed by atoms with Crippen molar-refractivity contribution in [2.75, 3.05) is 6.54 Å². The smallest absolute Gasteiger partial charge is 0.305 e. The number of carboxylic acid groups (broad SMARTS) is 1. The summed E-state index contributed by atoms with van der Waals surface area (Å²) >= 11 is 0. The van der Waals surface area contributed by atoms with Gasteiger partial charge in [-0.05, 0) is 17.9 Å². The summed E-state index contributed by atoms with van der Waals surface area (Å²) in [5, 5.41) is 18.8. The fourth-order valence-corrected chi connectivity index (χ4v) is 2.79. The third kappa shape index (κ3) is 4.28. The number of aliphatic hydroxyl groups is 1. The molecule has 1 fully saturated rings. The zero-order chi connectivity index (χ0) is 16.8. The van der Waals surface area contributed by atoms with Crippen LogP contribution in [-0.4, -0.2) is 34.2 Å². The Labute approximate surface area is 135 Å². The molecule has 23 heavy (non-hydrogen) atoms. The first-order valence-electron chi connectivity index (χ1n) is 7.78. The van der Waals surface area contributed by atoms with E-state index in [1.165, 1.54) is 0 Å². The number of rotatable bonds is 5. The lowest BCUT2D eigenvalue weighted by Crippen LogP contribution is -2.27. The average Bonchev–Trinajstić information content (AvgIpc) is 2.54. The minimum Gasteiger partial charge on any atom is -0.512 e. The molecule has 0 saturated heterocycles. The van der Waals surface area contributed by atoms with Gasteiger partial charge in [0.1, 0.15) is 5.76 Å². The predicted octanol–water partition coefficient (Wildman–Crippen LogP) is 3.27. The van der Waals surface area contributed by atoms with Crippen molar-refractivity contribution >= 4 is 17.5 Å². The second-order valence-electron chi connectivity index (χ2n) is 5.59. The molecule has 1 aliphatic rings. The van der Waals surface area contributed by atoms with Gasteiger partial charge in [-0.1, -0.05) is 37.3 Å². The number of Topliss-reactive ketones (excluding diaryl/α,β-unsaturated/α-hetero) is 1. The molecule has 0 radical (unpaired) electrons. The third-order valence-electron chi connectivity index (χ3n) is 3.96. The van der Waals surface area contributed by atoms with Crippen molar-refractivity contribution in [3.8, 4) is 0 Å². The van der Waals surface area contributed by atoms with Gasteiger partial charge in [-0.25, -0.2) is 0 Å². The van der Waals surface area contributed by atoms with Crippen LogP contribution in [0.3, 0.4) is 0 Å². The van der Waals surface area contributed by atoms with E-state index in [1.807, 2.05) is 30.3 Å². The highest BCUT2D eigenvalue weighted by Gasteiger charge is 2.31. The summed E-state index contributed by atoms with van der Waals surface area (Å²) in [7, 11) is 0. The number of allylic oxidation sites excluding steroid dienone is 2. The topological polar surface area (TPSA) is 87.0 Å². The Kier molecular flexibility index (Phi) is 5.68. The van der Waals surface area contributed by atoms with Crippen molar-refractivity contribution in [1.29, 1.82) is 0 Å². The van der Waals surface area contributed by atoms with E-state index in [0.717, 1.165) is 5.56 Å². The lowest BCUT2D eigenvalue weighted by molar-refractivity contribution is -0.136. The second kappa shape index (κ2) is 7.72. The monoisotopic (exact) mass is 315 g/mol. The molecule has 1 aromatic carbocycles. The van der Waals surface area contributed by atoms with E-state index in [0.29, 0.717) is 25.0 Å². The Hall–Kier alpha value is -2.43. The van der Waals surface area contributed by atoms with Gasteiger partial charge in [-0.2, -0.15) is 0 Å². The number of aliphatic carboxylic acids is 1. The predicted molar refractivity (Wildman–Crippen MR) is 87.9 cm³/mol. The molecule has 0 aliphatic heterocycles. The fraction of sp³-hybridized carbons (Fsp3) is 0.389. The van der Waals surface area contributed by atoms with E-state index in [4.69, 9.17) is 5.11 Å². The van der Waals surface area contributed by atoms with Crippen molar-refractivity contribution in [3.05, 3.63) is 47.2 Å². The summed E-state index contributed by atoms with van der Waals surface area (Å²) in [4.78, 5) is 27.4. The van der Waals surface area contributed by atoms with Crippen LogP contribution >= 0.6 is 0 Å². The van der Waals surface area contributed by atoms with Gasteiger partial charge in [-0.3, -0.25) is 14.6 Å². The number of carboxylic acids is 1. The van der Waals surface area contributed by atoms with Crippen LogP contribution in [0, 0.1) is 0 Å². The number of carbonyl (C=O) groups is 2. The first kappa shape index (κ1) is 16.9. The summed E-state index contributed by atoms with van der Waals surface area (Å²) in [5.41, 5.74) is 1.86. The average molecular weight is 315 g/mol. The molecule has 1 aromatic rings. The highest BCUT2D eigenvalue weighted by atomic mass is 16.4. The first-order valence-corrected chi connectivity index (χ1v) is 7.78. The van der Waals surface area contributed by atoms with Crippen molar-refractivity contribution in [1.82, 2.24) is 0 Å². The Bertz CT molecular complexity index is 646. The van der Waals surface area contributed by atoms with Gasteiger partial charge in [-0.15, -0.1) is 0 Å². The van der Waals surface area contributed by atoms with Gasteiger partial charge in [0.25, 0.3) is 0 Å². The summed E-state index contributed by atoms with van der Waals surface area (Å²) in [5.74, 6) is -1.00. The summed E-state index contributed by atoms with van der Waals surface area (Å²) in [6.45, 7) is 1.88. The number of carbonyl (C=O) groups excluding carboxylic acids is 1. The number of hydrogen-bond donors (Lipinski definition) is 2. The first-order chi connectivity index (χ1) is 11.0. The lowest BCUT2D eigenvalue weighted by Gasteiger charge is -2.25. The number of aliphatic imine (C=N–C) groups is 1. The van der Waals surface area contributed by atoms with Crippen LogP contribution in [0.5, 0.6) is 0 Å². The van der Waals surface area contributed by atoms with Crippen LogP contribution in [0.4, 0.5) is 0 Å². The van der Waals surface area contributed by atoms with E-state index in [-0.39, 0.29) is 36.0 Å². The van der Waals surface area contributed by atoms with Crippen LogP contribution in [0.2, 0.25) is 0 Å². The second-order valence-corrected chi connectivity index (χ2v) is 5.59. The molecule has 2 N–H and O–H groups in total. The highest BCUT2D eigenvalue weighted by Crippen LogP contribution is 2.33. The molecular weight excluding hydrogens is 294 g/mol. The molecule has 1 unspecified atom stereocenters. The van der Waals surface area contributed by atoms with Gasteiger partial charge >= 0.3 is 5.97 Å². The summed E-state index contributed by atoms with van der Waals surface area (Å²) < 4.78 is 0. The SMILES string of the molecule is CC/C(O)=C1\C(=O)CC(c2ccccc2)CC1=NCCC(=O)O. The molecule has 1 aliphatic carbocycles. The van der Waals surface area contributed by atoms with Crippen LogP contribution < -0.4 is 0 Å². The van der Waals surface area contributed by atoms with Crippen molar-refractivity contribution in [3.63, 3.8) is 0 Å². The minimum atomic E-state index is -0.929. The molecule has 122 valence electrons. The van der Waals surface area contributed by atoms with Crippen LogP contribution in [0.1, 0.15) is 44.1 Å². The molecule has 1 atom stereocenters. The zero-order valence-electron chi connectivity index (χ0n) is 13.2. The Morgan fingerprint density at radius 3 is 2.52 bits per heavy atom. The largest absolute Gasteiger partial charge is 0.512 e. The van der Waals surface area contributed by atoms with E-state index in [1.54, 1.807) is 6.92 Å². The molecule has 1 saturated carbocycles. The molecule has 0 aromatic heterocycles. The molecule has 2 rings (SSSR count). The van der Waals surface area contributed by atoms with Crippen LogP contribution in [0.25, 0.3) is 0 Å². The Morgan fingerprint density at radius 2 is 1.91 bits per heavy atom. The third-order valence-corrected chi connectivity index (χ3v) is 3.96. The van der Waals surface area contributed by atoms with Gasteiger partial charge < -0.3 is 10.2 Å². The highest BCUT2D eigenvalue weighted by molar-refractivity contribution is 6.24. The van der Waals surface area contributed by atoms with Crippen LogP contribution in [-0.2, 0) is 9.59 Å². The normalized spacial score (nSPS) is 22.2. The zero-order valence-corrected chi connectivity index (χ0v) is 13.2. The maximum atomic E-state index is 12.5. The Balaban J connectivity index is 2.30. The molecule has 0 spiro atoms. The fourth-order valence-electron chi connectivity index (χ4n) is 2.79. The lowest BCUT2D eigenvalue weighted by atomic mass is 9.79. The molecule has 5 heteroatoms. The minimum absolute atomic E-state index is 0.0145. The number of ketones is 1. The molecular formula is C18H21NO4. The van der Waals surface area contributed by atoms with Crippen molar-refractivity contribution < 1.29 is 19.8 Å². The molecule has 0 bridgehead atoms. The standard InChI is InChI=1S/C18H21NO4/c1-2-15(20)18-14(19-9-8-17(22)23)10-13(11-16(18)21)12-6-4-3-5-7-12/h3-7,13,20H,2,8-11H2,1H3,(H,22,23)/b18-15+,19-14?. The Morgan fingerprint density at radius 1 is 1.22 bits per heavy atom. The molecule has 5 nitrogen and oxygen atoms in total. The molecule has 0 amide bonds. The van der Waals surface area contributed by atoms with Gasteiger partial charge in [0.05, 0.1) is 12.0 Å². The number of aliphatic hydroxyl groups excluding tert-OH is 1. The maximum Gasteiger partial charge on any atom is 0.305 e. The van der Waals surface area contributed by atoms with E-state index < -0.39 is 5.97 Å². The van der Waals surface area contributed by atoms with Gasteiger partial charge in [0, 0.05) is 25.1 Å². The number of benzene rings is 1. The quantitative estimate of drug-likeness (QED) is 0.645. The number of hydrogen-bond acceptors (Lipinski definition) is 4. The van der Waals surface area contributed by atoms with Gasteiger partial charge in [0.15, 0.2) is 5.78 Å². The molecule has 0 heterocycles. The number of nitrogens with zero attached hydrogens (tertiary/aromatic N) is 1.